The Morgan fingerprint density at radius 2 is 1.86 bits per heavy atom. The summed E-state index contributed by atoms with van der Waals surface area (Å²) in [5.41, 5.74) is 1.55. The molecular formula is C16H22N3O2+. The summed E-state index contributed by atoms with van der Waals surface area (Å²) in [4.78, 5) is 27.4. The quantitative estimate of drug-likeness (QED) is 0.829. The molecule has 2 aliphatic heterocycles. The van der Waals surface area contributed by atoms with Crippen LogP contribution < -0.4 is 15.1 Å². The average molecular weight is 288 g/mol. The van der Waals surface area contributed by atoms with E-state index in [9.17, 15) is 9.59 Å². The number of hydrogen-bond donors (Lipinski definition) is 2. The highest BCUT2D eigenvalue weighted by Gasteiger charge is 2.29. The summed E-state index contributed by atoms with van der Waals surface area (Å²) in [5.74, 6) is -0.0675. The Morgan fingerprint density at radius 3 is 2.62 bits per heavy atom. The Hall–Kier alpha value is -1.88. The first-order chi connectivity index (χ1) is 10.2. The molecule has 1 fully saturated rings. The van der Waals surface area contributed by atoms with Crippen molar-refractivity contribution in [2.75, 3.05) is 36.4 Å². The second kappa shape index (κ2) is 6.26. The van der Waals surface area contributed by atoms with Crippen LogP contribution in [0.2, 0.25) is 0 Å². The molecule has 0 atom stereocenters. The van der Waals surface area contributed by atoms with E-state index in [1.807, 2.05) is 24.3 Å². The molecule has 1 saturated heterocycles. The molecule has 1 aromatic rings. The highest BCUT2D eigenvalue weighted by Crippen LogP contribution is 2.28. The Bertz CT molecular complexity index is 536. The number of rotatable bonds is 2. The van der Waals surface area contributed by atoms with E-state index in [1.165, 1.54) is 30.6 Å². The Morgan fingerprint density at radius 1 is 1.14 bits per heavy atom. The lowest BCUT2D eigenvalue weighted by Gasteiger charge is -2.30. The number of quaternary nitrogens is 1. The monoisotopic (exact) mass is 288 g/mol. The van der Waals surface area contributed by atoms with Crippen molar-refractivity contribution < 1.29 is 14.5 Å². The van der Waals surface area contributed by atoms with Gasteiger partial charge in [0.15, 0.2) is 6.54 Å². The molecule has 0 aliphatic carbocycles. The van der Waals surface area contributed by atoms with E-state index in [0.717, 1.165) is 24.5 Å². The minimum atomic E-state index is -0.118. The molecule has 112 valence electrons. The third-order valence-corrected chi connectivity index (χ3v) is 4.28. The molecule has 0 bridgehead atoms. The summed E-state index contributed by atoms with van der Waals surface area (Å²) in [6, 6.07) is 7.50. The molecule has 2 amide bonds. The van der Waals surface area contributed by atoms with Gasteiger partial charge >= 0.3 is 0 Å². The number of nitrogens with one attached hydrogen (secondary N) is 2. The third kappa shape index (κ3) is 3.24. The minimum Gasteiger partial charge on any atom is -0.327 e. The molecule has 2 N–H and O–H groups in total. The normalized spacial score (nSPS) is 19.6. The molecule has 0 saturated carbocycles. The van der Waals surface area contributed by atoms with Crippen LogP contribution in [0.15, 0.2) is 24.3 Å². The first-order valence-corrected chi connectivity index (χ1v) is 7.77. The van der Waals surface area contributed by atoms with Gasteiger partial charge in [-0.15, -0.1) is 0 Å². The van der Waals surface area contributed by atoms with Crippen LogP contribution in [0.3, 0.4) is 0 Å². The number of amides is 2. The largest absolute Gasteiger partial charge is 0.327 e. The zero-order chi connectivity index (χ0) is 14.7. The molecule has 3 rings (SSSR count). The Labute approximate surface area is 124 Å². The number of likely N-dealkylation sites (tertiary alicyclic amines) is 1. The third-order valence-electron chi connectivity index (χ3n) is 4.28. The lowest BCUT2D eigenvalue weighted by molar-refractivity contribution is -0.891. The van der Waals surface area contributed by atoms with Gasteiger partial charge in [-0.2, -0.15) is 0 Å². The molecule has 21 heavy (non-hydrogen) atoms. The fourth-order valence-electron chi connectivity index (χ4n) is 3.17. The van der Waals surface area contributed by atoms with Crippen LogP contribution in [0.1, 0.15) is 25.7 Å². The standard InChI is InChI=1S/C16H21N3O2/c20-15-11-19(14-8-4-3-7-13(14)17-15)16(21)12-18-9-5-1-2-6-10-18/h3-4,7-8H,1-2,5-6,9-12H2,(H,17,20)/p+1. The first-order valence-electron chi connectivity index (χ1n) is 7.77. The van der Waals surface area contributed by atoms with Gasteiger partial charge in [-0.1, -0.05) is 12.1 Å². The molecule has 1 aromatic carbocycles. The number of hydrogen-bond acceptors (Lipinski definition) is 2. The maximum Gasteiger partial charge on any atom is 0.282 e. The fourth-order valence-corrected chi connectivity index (χ4v) is 3.17. The van der Waals surface area contributed by atoms with Crippen LogP contribution in [0, 0.1) is 0 Å². The van der Waals surface area contributed by atoms with Gasteiger partial charge in [0.1, 0.15) is 6.54 Å². The summed E-state index contributed by atoms with van der Waals surface area (Å²) in [7, 11) is 0. The van der Waals surface area contributed by atoms with E-state index >= 15 is 0 Å². The second-order valence-electron chi connectivity index (χ2n) is 5.89. The van der Waals surface area contributed by atoms with Crippen molar-refractivity contribution >= 4 is 23.2 Å². The van der Waals surface area contributed by atoms with Crippen molar-refractivity contribution in [1.82, 2.24) is 0 Å². The van der Waals surface area contributed by atoms with Crippen molar-refractivity contribution in [2.24, 2.45) is 0 Å². The van der Waals surface area contributed by atoms with Crippen LogP contribution in [-0.4, -0.2) is 38.0 Å². The van der Waals surface area contributed by atoms with E-state index in [0.29, 0.717) is 6.54 Å². The lowest BCUT2D eigenvalue weighted by Crippen LogP contribution is -3.13. The number of carbonyl (C=O) groups is 2. The van der Waals surface area contributed by atoms with Crippen molar-refractivity contribution in [3.63, 3.8) is 0 Å². The summed E-state index contributed by atoms with van der Waals surface area (Å²) in [6.07, 6.45) is 4.93. The van der Waals surface area contributed by atoms with Gasteiger partial charge < -0.3 is 10.2 Å². The maximum atomic E-state index is 12.6. The molecule has 2 heterocycles. The highest BCUT2D eigenvalue weighted by molar-refractivity contribution is 6.10. The van der Waals surface area contributed by atoms with Crippen molar-refractivity contribution in [2.45, 2.75) is 25.7 Å². The van der Waals surface area contributed by atoms with Crippen LogP contribution in [-0.2, 0) is 9.59 Å². The van der Waals surface area contributed by atoms with E-state index in [4.69, 9.17) is 0 Å². The number of benzene rings is 1. The van der Waals surface area contributed by atoms with Gasteiger partial charge in [-0.05, 0) is 37.8 Å². The van der Waals surface area contributed by atoms with E-state index < -0.39 is 0 Å². The van der Waals surface area contributed by atoms with Crippen molar-refractivity contribution in [1.29, 1.82) is 0 Å². The number of para-hydroxylation sites is 2. The summed E-state index contributed by atoms with van der Waals surface area (Å²) >= 11 is 0. The molecule has 5 nitrogen and oxygen atoms in total. The molecule has 0 unspecified atom stereocenters. The van der Waals surface area contributed by atoms with Crippen LogP contribution in [0.25, 0.3) is 0 Å². The minimum absolute atomic E-state index is 0.0502. The van der Waals surface area contributed by atoms with E-state index in [1.54, 1.807) is 4.90 Å². The van der Waals surface area contributed by atoms with Crippen LogP contribution in [0.5, 0.6) is 0 Å². The molecule has 0 spiro atoms. The SMILES string of the molecule is O=C1CN(C(=O)C[NH+]2CCCCCC2)c2ccccc2N1. The summed E-state index contributed by atoms with van der Waals surface area (Å²) in [6.45, 7) is 2.74. The van der Waals surface area contributed by atoms with Gasteiger partial charge in [0, 0.05) is 0 Å². The van der Waals surface area contributed by atoms with Gasteiger partial charge in [0.05, 0.1) is 24.5 Å². The molecule has 5 heteroatoms. The second-order valence-corrected chi connectivity index (χ2v) is 5.89. The van der Waals surface area contributed by atoms with Gasteiger partial charge in [0.25, 0.3) is 5.91 Å². The molecule has 0 aromatic heterocycles. The smallest absolute Gasteiger partial charge is 0.282 e. The average Bonchev–Trinajstić information content (AvgIpc) is 2.75. The molecular weight excluding hydrogens is 266 g/mol. The Kier molecular flexibility index (Phi) is 4.20. The predicted molar refractivity (Wildman–Crippen MR) is 81.5 cm³/mol. The van der Waals surface area contributed by atoms with Gasteiger partial charge in [-0.25, -0.2) is 0 Å². The number of nitrogens with zero attached hydrogens (tertiary/aromatic N) is 1. The lowest BCUT2D eigenvalue weighted by atomic mass is 10.2. The Balaban J connectivity index is 1.73. The summed E-state index contributed by atoms with van der Waals surface area (Å²) < 4.78 is 0. The predicted octanol–water partition coefficient (Wildman–Crippen LogP) is 0.431. The van der Waals surface area contributed by atoms with Crippen molar-refractivity contribution in [3.05, 3.63) is 24.3 Å². The zero-order valence-corrected chi connectivity index (χ0v) is 12.2. The topological polar surface area (TPSA) is 53.9 Å². The number of fused-ring (bicyclic) bond motifs is 1. The zero-order valence-electron chi connectivity index (χ0n) is 12.2. The van der Waals surface area contributed by atoms with Crippen molar-refractivity contribution in [3.8, 4) is 0 Å². The number of anilines is 2. The molecule has 2 aliphatic rings. The summed E-state index contributed by atoms with van der Waals surface area (Å²) in [5, 5.41) is 2.82. The molecule has 0 radical (unpaired) electrons. The fraction of sp³-hybridized carbons (Fsp3) is 0.500. The number of carbonyl (C=O) groups excluding carboxylic acids is 2. The van der Waals surface area contributed by atoms with Crippen LogP contribution >= 0.6 is 0 Å². The van der Waals surface area contributed by atoms with E-state index in [2.05, 4.69) is 5.32 Å². The van der Waals surface area contributed by atoms with E-state index in [-0.39, 0.29) is 18.4 Å². The highest BCUT2D eigenvalue weighted by atomic mass is 16.2. The van der Waals surface area contributed by atoms with Gasteiger partial charge in [0.2, 0.25) is 5.91 Å². The van der Waals surface area contributed by atoms with Crippen LogP contribution in [0.4, 0.5) is 11.4 Å². The first kappa shape index (κ1) is 14.1. The maximum absolute atomic E-state index is 12.6. The van der Waals surface area contributed by atoms with Gasteiger partial charge in [-0.3, -0.25) is 14.5 Å².